The molecule has 0 amide bonds. The van der Waals surface area contributed by atoms with Gasteiger partial charge in [0.1, 0.15) is 22.4 Å². The van der Waals surface area contributed by atoms with Crippen LogP contribution in [-0.4, -0.2) is 32.9 Å². The third kappa shape index (κ3) is 3.60. The molecule has 0 fully saturated rings. The predicted octanol–water partition coefficient (Wildman–Crippen LogP) is 4.52. The summed E-state index contributed by atoms with van der Waals surface area (Å²) in [5.41, 5.74) is -0.520. The topological polar surface area (TPSA) is 71.8 Å². The largest absolute Gasteiger partial charge is 0.489 e. The van der Waals surface area contributed by atoms with Crippen molar-refractivity contribution >= 4 is 44.3 Å². The average Bonchev–Trinajstić information content (AvgIpc) is 3.37. The van der Waals surface area contributed by atoms with Gasteiger partial charge in [-0.2, -0.15) is 0 Å². The molecule has 0 bridgehead atoms. The van der Waals surface area contributed by atoms with Crippen LogP contribution in [0.25, 0.3) is 10.2 Å². The number of hydrogen-bond acceptors (Lipinski definition) is 6. The molecule has 2 aromatic carbocycles. The quantitative estimate of drug-likeness (QED) is 0.345. The third-order valence-electron chi connectivity index (χ3n) is 4.16. The van der Waals surface area contributed by atoms with Gasteiger partial charge in [-0.05, 0) is 18.2 Å². The Morgan fingerprint density at radius 1 is 1.10 bits per heavy atom. The van der Waals surface area contributed by atoms with E-state index in [-0.39, 0.29) is 5.75 Å². The van der Waals surface area contributed by atoms with Crippen LogP contribution in [0.15, 0.2) is 23.2 Å². The Balaban J connectivity index is 1.57. The summed E-state index contributed by atoms with van der Waals surface area (Å²) in [4.78, 5) is 19.5. The highest BCUT2D eigenvalue weighted by Crippen LogP contribution is 2.32. The number of rotatable bonds is 5. The molecule has 1 aromatic heterocycles. The molecule has 5 nitrogen and oxygen atoms in total. The molecular formula is C18H9F5N2O3S2. The van der Waals surface area contributed by atoms with E-state index in [4.69, 9.17) is 9.84 Å². The van der Waals surface area contributed by atoms with Crippen molar-refractivity contribution in [2.24, 2.45) is 4.99 Å². The van der Waals surface area contributed by atoms with Crippen LogP contribution >= 0.6 is 23.1 Å². The van der Waals surface area contributed by atoms with Gasteiger partial charge < -0.3 is 9.84 Å². The summed E-state index contributed by atoms with van der Waals surface area (Å²) in [6.45, 7) is -0.869. The van der Waals surface area contributed by atoms with E-state index in [9.17, 15) is 26.7 Å². The van der Waals surface area contributed by atoms with Crippen LogP contribution in [0.5, 0.6) is 5.75 Å². The average molecular weight is 460 g/mol. The van der Waals surface area contributed by atoms with E-state index in [1.54, 1.807) is 6.07 Å². The summed E-state index contributed by atoms with van der Waals surface area (Å²) in [5, 5.41) is 10.0. The number of fused-ring (bicyclic) bond motifs is 1. The number of aromatic nitrogens is 1. The predicted molar refractivity (Wildman–Crippen MR) is 101 cm³/mol. The van der Waals surface area contributed by atoms with Gasteiger partial charge in [0.2, 0.25) is 5.82 Å². The van der Waals surface area contributed by atoms with Crippen LogP contribution in [0, 0.1) is 29.1 Å². The summed E-state index contributed by atoms with van der Waals surface area (Å²) >= 11 is 2.47. The van der Waals surface area contributed by atoms with E-state index in [1.807, 2.05) is 0 Å². The first-order chi connectivity index (χ1) is 14.3. The van der Waals surface area contributed by atoms with Gasteiger partial charge >= 0.3 is 5.97 Å². The Morgan fingerprint density at radius 2 is 1.77 bits per heavy atom. The fraction of sp³-hybridized carbons (Fsp3) is 0.167. The van der Waals surface area contributed by atoms with Gasteiger partial charge in [0.15, 0.2) is 29.3 Å². The van der Waals surface area contributed by atoms with Crippen molar-refractivity contribution in [3.05, 3.63) is 57.9 Å². The summed E-state index contributed by atoms with van der Waals surface area (Å²) in [5.74, 6) is -10.8. The van der Waals surface area contributed by atoms with Gasteiger partial charge in [-0.3, -0.25) is 4.99 Å². The van der Waals surface area contributed by atoms with Crippen LogP contribution in [0.2, 0.25) is 0 Å². The van der Waals surface area contributed by atoms with E-state index in [2.05, 4.69) is 9.98 Å². The number of aliphatic imine (C=N–C) groups is 1. The second-order valence-electron chi connectivity index (χ2n) is 6.08. The maximum atomic E-state index is 13.8. The van der Waals surface area contributed by atoms with Crippen molar-refractivity contribution < 1.29 is 36.6 Å². The molecule has 1 aliphatic heterocycles. The molecule has 0 aliphatic carbocycles. The number of carboxylic acid groups (broad SMARTS) is 1. The van der Waals surface area contributed by atoms with Gasteiger partial charge in [-0.25, -0.2) is 31.7 Å². The van der Waals surface area contributed by atoms with Crippen molar-refractivity contribution in [3.8, 4) is 5.75 Å². The summed E-state index contributed by atoms with van der Waals surface area (Å²) in [6.07, 6.45) is 0. The third-order valence-corrected chi connectivity index (χ3v) is 6.37. The number of aliphatic carboxylic acids is 1. The number of ether oxygens (including phenoxy) is 1. The van der Waals surface area contributed by atoms with Crippen LogP contribution < -0.4 is 4.74 Å². The number of thiazole rings is 1. The number of carbonyl (C=O) groups is 1. The minimum atomic E-state index is -2.23. The van der Waals surface area contributed by atoms with Gasteiger partial charge in [0, 0.05) is 5.75 Å². The first-order valence-corrected chi connectivity index (χ1v) is 10.0. The molecule has 4 rings (SSSR count). The zero-order valence-electron chi connectivity index (χ0n) is 14.6. The Hall–Kier alpha value is -2.73. The fourth-order valence-electron chi connectivity index (χ4n) is 2.64. The molecule has 1 N–H and O–H groups in total. The Bertz CT molecular complexity index is 1190. The van der Waals surface area contributed by atoms with Gasteiger partial charge in [0.05, 0.1) is 15.8 Å². The van der Waals surface area contributed by atoms with Gasteiger partial charge in [-0.1, -0.05) is 0 Å². The smallest absolute Gasteiger partial charge is 0.329 e. The summed E-state index contributed by atoms with van der Waals surface area (Å²) in [7, 11) is 0. The molecule has 0 radical (unpaired) electrons. The molecule has 0 spiro atoms. The van der Waals surface area contributed by atoms with Crippen molar-refractivity contribution in [2.45, 2.75) is 12.6 Å². The molecule has 12 heteroatoms. The van der Waals surface area contributed by atoms with E-state index >= 15 is 0 Å². The number of benzene rings is 2. The summed E-state index contributed by atoms with van der Waals surface area (Å²) in [6, 6.07) is 3.65. The minimum absolute atomic E-state index is 0.131. The monoisotopic (exact) mass is 460 g/mol. The zero-order chi connectivity index (χ0) is 21.6. The maximum Gasteiger partial charge on any atom is 0.329 e. The van der Waals surface area contributed by atoms with E-state index in [1.165, 1.54) is 35.2 Å². The molecular weight excluding hydrogens is 451 g/mol. The minimum Gasteiger partial charge on any atom is -0.489 e. The SMILES string of the molecule is O=C(O)C1CSC(c2nc3ccc(OCc4c(F)c(F)c(F)c(F)c4F)cc3s2)=N1. The van der Waals surface area contributed by atoms with Crippen molar-refractivity contribution in [3.63, 3.8) is 0 Å². The number of carboxylic acids is 1. The van der Waals surface area contributed by atoms with Crippen molar-refractivity contribution in [2.75, 3.05) is 5.75 Å². The van der Waals surface area contributed by atoms with Crippen molar-refractivity contribution in [1.29, 1.82) is 0 Å². The van der Waals surface area contributed by atoms with Crippen LogP contribution in [0.1, 0.15) is 10.6 Å². The number of nitrogens with zero attached hydrogens (tertiary/aromatic N) is 2. The Labute approximate surface area is 173 Å². The van der Waals surface area contributed by atoms with Gasteiger partial charge in [-0.15, -0.1) is 23.1 Å². The molecule has 156 valence electrons. The number of halogens is 5. The normalized spacial score (nSPS) is 16.2. The van der Waals surface area contributed by atoms with E-state index in [0.29, 0.717) is 26.0 Å². The van der Waals surface area contributed by atoms with E-state index < -0.39 is 53.3 Å². The lowest BCUT2D eigenvalue weighted by atomic mass is 10.2. The maximum absolute atomic E-state index is 13.8. The first-order valence-electron chi connectivity index (χ1n) is 8.23. The summed E-state index contributed by atoms with van der Waals surface area (Å²) < 4.78 is 73.1. The molecule has 1 unspecified atom stereocenters. The Kier molecular flexibility index (Phi) is 5.36. The molecule has 2 heterocycles. The lowest BCUT2D eigenvalue weighted by molar-refractivity contribution is -0.137. The molecule has 0 saturated carbocycles. The number of thioether (sulfide) groups is 1. The molecule has 1 aliphatic rings. The lowest BCUT2D eigenvalue weighted by Crippen LogP contribution is -2.17. The first kappa shape index (κ1) is 20.5. The van der Waals surface area contributed by atoms with Crippen molar-refractivity contribution in [1.82, 2.24) is 4.98 Å². The second kappa shape index (κ2) is 7.84. The Morgan fingerprint density at radius 3 is 2.40 bits per heavy atom. The number of hydrogen-bond donors (Lipinski definition) is 1. The zero-order valence-corrected chi connectivity index (χ0v) is 16.2. The van der Waals surface area contributed by atoms with Crippen LogP contribution in [0.4, 0.5) is 22.0 Å². The standard InChI is InChI=1S/C18H9F5N2O3S2/c19-11-7(12(20)14(22)15(23)13(11)21)4-28-6-1-2-8-10(3-6)30-17(24-8)16-25-9(5-29-16)18(26)27/h1-3,9H,4-5H2,(H,26,27). The highest BCUT2D eigenvalue weighted by atomic mass is 32.2. The van der Waals surface area contributed by atoms with Crippen LogP contribution in [-0.2, 0) is 11.4 Å². The second-order valence-corrected chi connectivity index (χ2v) is 8.12. The molecule has 0 saturated heterocycles. The van der Waals surface area contributed by atoms with Gasteiger partial charge in [0.25, 0.3) is 0 Å². The molecule has 30 heavy (non-hydrogen) atoms. The lowest BCUT2D eigenvalue weighted by Gasteiger charge is -2.10. The highest BCUT2D eigenvalue weighted by Gasteiger charge is 2.27. The molecule has 3 aromatic rings. The fourth-order valence-corrected chi connectivity index (χ4v) is 4.73. The van der Waals surface area contributed by atoms with Crippen LogP contribution in [0.3, 0.4) is 0 Å². The van der Waals surface area contributed by atoms with E-state index in [0.717, 1.165) is 0 Å². The highest BCUT2D eigenvalue weighted by molar-refractivity contribution is 8.15. The molecule has 1 atom stereocenters.